The van der Waals surface area contributed by atoms with Gasteiger partial charge in [-0.25, -0.2) is 0 Å². The van der Waals surface area contributed by atoms with Crippen molar-refractivity contribution in [3.05, 3.63) is 18.2 Å². The number of anilines is 1. The molecular weight excluding hydrogens is 232 g/mol. The van der Waals surface area contributed by atoms with Gasteiger partial charge in [0, 0.05) is 18.8 Å². The zero-order valence-corrected chi connectivity index (χ0v) is 9.83. The summed E-state index contributed by atoms with van der Waals surface area (Å²) in [6, 6.07) is 5.82. The van der Waals surface area contributed by atoms with E-state index in [1.165, 1.54) is 0 Å². The Morgan fingerprint density at radius 3 is 3.06 bits per heavy atom. The van der Waals surface area contributed by atoms with E-state index in [0.717, 1.165) is 36.1 Å². The van der Waals surface area contributed by atoms with E-state index < -0.39 is 5.97 Å². The Bertz CT molecular complexity index is 580. The second-order valence-corrected chi connectivity index (χ2v) is 4.62. The van der Waals surface area contributed by atoms with Crippen LogP contribution in [0.15, 0.2) is 18.2 Å². The third-order valence-corrected chi connectivity index (χ3v) is 3.44. The van der Waals surface area contributed by atoms with E-state index in [4.69, 9.17) is 5.11 Å². The number of hydrogen-bond donors (Lipinski definition) is 2. The third kappa shape index (κ3) is 1.90. The topological polar surface area (TPSA) is 82.1 Å². The molecule has 1 fully saturated rings. The summed E-state index contributed by atoms with van der Waals surface area (Å²) >= 11 is 0. The lowest BCUT2D eigenvalue weighted by atomic mass is 9.98. The van der Waals surface area contributed by atoms with Gasteiger partial charge in [0.2, 0.25) is 0 Å². The fraction of sp³-hybridized carbons (Fsp3) is 0.417. The van der Waals surface area contributed by atoms with Crippen molar-refractivity contribution in [3.63, 3.8) is 0 Å². The quantitative estimate of drug-likeness (QED) is 0.833. The molecule has 3 rings (SSSR count). The second-order valence-electron chi connectivity index (χ2n) is 4.62. The first-order valence-corrected chi connectivity index (χ1v) is 6.02. The number of carbonyl (C=O) groups is 1. The molecule has 1 unspecified atom stereocenters. The van der Waals surface area contributed by atoms with E-state index in [1.807, 2.05) is 18.2 Å². The van der Waals surface area contributed by atoms with E-state index in [9.17, 15) is 4.79 Å². The molecule has 1 saturated heterocycles. The molecule has 18 heavy (non-hydrogen) atoms. The highest BCUT2D eigenvalue weighted by Crippen LogP contribution is 2.25. The summed E-state index contributed by atoms with van der Waals surface area (Å²) < 4.78 is 0. The van der Waals surface area contributed by atoms with Crippen molar-refractivity contribution in [1.82, 2.24) is 15.4 Å². The van der Waals surface area contributed by atoms with Crippen LogP contribution >= 0.6 is 0 Å². The molecule has 1 aromatic carbocycles. The van der Waals surface area contributed by atoms with Crippen molar-refractivity contribution in [2.75, 3.05) is 18.0 Å². The van der Waals surface area contributed by atoms with Crippen LogP contribution in [0.1, 0.15) is 12.8 Å². The molecule has 1 aliphatic rings. The highest BCUT2D eigenvalue weighted by atomic mass is 16.4. The predicted octanol–water partition coefficient (Wildman–Crippen LogP) is 1.26. The summed E-state index contributed by atoms with van der Waals surface area (Å²) in [7, 11) is 0. The maximum absolute atomic E-state index is 11.0. The number of H-pyrrole nitrogens is 1. The number of benzene rings is 1. The number of nitrogens with one attached hydrogen (secondary N) is 1. The smallest absolute Gasteiger partial charge is 0.308 e. The van der Waals surface area contributed by atoms with Crippen molar-refractivity contribution in [2.45, 2.75) is 12.8 Å². The summed E-state index contributed by atoms with van der Waals surface area (Å²) in [5.41, 5.74) is 2.65. The molecule has 0 bridgehead atoms. The van der Waals surface area contributed by atoms with Crippen LogP contribution in [0.4, 0.5) is 5.69 Å². The molecule has 2 heterocycles. The second kappa shape index (κ2) is 4.29. The maximum Gasteiger partial charge on any atom is 0.308 e. The highest BCUT2D eigenvalue weighted by molar-refractivity contribution is 5.78. The van der Waals surface area contributed by atoms with E-state index in [1.54, 1.807) is 0 Å². The van der Waals surface area contributed by atoms with Gasteiger partial charge in [0.05, 0.1) is 5.92 Å². The van der Waals surface area contributed by atoms with Crippen LogP contribution in [0.25, 0.3) is 11.0 Å². The Balaban J connectivity index is 1.86. The lowest BCUT2D eigenvalue weighted by Crippen LogP contribution is -2.38. The van der Waals surface area contributed by atoms with Crippen molar-refractivity contribution in [1.29, 1.82) is 0 Å². The molecule has 0 saturated carbocycles. The highest BCUT2D eigenvalue weighted by Gasteiger charge is 2.25. The van der Waals surface area contributed by atoms with Crippen LogP contribution in [-0.4, -0.2) is 39.6 Å². The zero-order valence-electron chi connectivity index (χ0n) is 9.83. The van der Waals surface area contributed by atoms with Crippen molar-refractivity contribution in [2.24, 2.45) is 5.92 Å². The van der Waals surface area contributed by atoms with Gasteiger partial charge in [-0.1, -0.05) is 0 Å². The molecule has 1 aliphatic heterocycles. The first-order chi connectivity index (χ1) is 8.74. The first-order valence-electron chi connectivity index (χ1n) is 6.02. The number of carboxylic acids is 1. The van der Waals surface area contributed by atoms with Crippen molar-refractivity contribution in [3.8, 4) is 0 Å². The molecule has 2 N–H and O–H groups in total. The molecule has 2 aromatic rings. The molecule has 94 valence electrons. The van der Waals surface area contributed by atoms with Crippen LogP contribution in [0.2, 0.25) is 0 Å². The van der Waals surface area contributed by atoms with E-state index >= 15 is 0 Å². The van der Waals surface area contributed by atoms with E-state index in [0.29, 0.717) is 6.54 Å². The van der Waals surface area contributed by atoms with Crippen LogP contribution in [0, 0.1) is 5.92 Å². The monoisotopic (exact) mass is 246 g/mol. The molecule has 6 nitrogen and oxygen atoms in total. The Labute approximate surface area is 104 Å². The van der Waals surface area contributed by atoms with E-state index in [-0.39, 0.29) is 5.92 Å². The van der Waals surface area contributed by atoms with Gasteiger partial charge in [-0.15, -0.1) is 0 Å². The molecule has 6 heteroatoms. The predicted molar refractivity (Wildman–Crippen MR) is 66.5 cm³/mol. The third-order valence-electron chi connectivity index (χ3n) is 3.44. The first kappa shape index (κ1) is 11.0. The van der Waals surface area contributed by atoms with Crippen LogP contribution in [-0.2, 0) is 4.79 Å². The minimum absolute atomic E-state index is 0.272. The van der Waals surface area contributed by atoms with Gasteiger partial charge in [-0.3, -0.25) is 4.79 Å². The molecule has 1 atom stereocenters. The summed E-state index contributed by atoms with van der Waals surface area (Å²) in [5.74, 6) is -0.978. The Hall–Kier alpha value is -2.11. The number of aromatic amines is 1. The number of nitrogens with zero attached hydrogens (tertiary/aromatic N) is 3. The van der Waals surface area contributed by atoms with Crippen LogP contribution in [0.3, 0.4) is 0 Å². The van der Waals surface area contributed by atoms with Gasteiger partial charge in [-0.2, -0.15) is 15.4 Å². The lowest BCUT2D eigenvalue weighted by Gasteiger charge is -2.32. The van der Waals surface area contributed by atoms with Crippen molar-refractivity contribution >= 4 is 22.7 Å². The van der Waals surface area contributed by atoms with Gasteiger partial charge < -0.3 is 10.0 Å². The fourth-order valence-corrected chi connectivity index (χ4v) is 2.44. The normalized spacial score (nSPS) is 20.2. The van der Waals surface area contributed by atoms with Gasteiger partial charge in [0.15, 0.2) is 0 Å². The molecule has 0 spiro atoms. The van der Waals surface area contributed by atoms with Crippen LogP contribution in [0.5, 0.6) is 0 Å². The summed E-state index contributed by atoms with van der Waals surface area (Å²) in [6.07, 6.45) is 1.67. The molecule has 1 aromatic heterocycles. The van der Waals surface area contributed by atoms with Crippen LogP contribution < -0.4 is 4.90 Å². The lowest BCUT2D eigenvalue weighted by molar-refractivity contribution is -0.141. The average molecular weight is 246 g/mol. The number of aliphatic carboxylic acids is 1. The maximum atomic E-state index is 11.0. The van der Waals surface area contributed by atoms with Crippen molar-refractivity contribution < 1.29 is 9.90 Å². The zero-order chi connectivity index (χ0) is 12.5. The number of fused-ring (bicyclic) bond motifs is 1. The standard InChI is InChI=1S/C12H14N4O2/c17-12(18)8-2-1-5-16(7-8)9-3-4-10-11(6-9)14-15-13-10/h3-4,6,8H,1-2,5,7H2,(H,17,18)(H,13,14,15). The Morgan fingerprint density at radius 1 is 1.39 bits per heavy atom. The molecule has 0 radical (unpaired) electrons. The number of hydrogen-bond acceptors (Lipinski definition) is 4. The number of piperidine rings is 1. The molecule has 0 aliphatic carbocycles. The summed E-state index contributed by atoms with van der Waals surface area (Å²) in [6.45, 7) is 1.46. The number of rotatable bonds is 2. The SMILES string of the molecule is O=C(O)C1CCCN(c2ccc3n[nH]nc3c2)C1. The minimum Gasteiger partial charge on any atom is -0.481 e. The number of carboxylic acid groups (broad SMARTS) is 1. The average Bonchev–Trinajstić information content (AvgIpc) is 2.86. The van der Waals surface area contributed by atoms with E-state index in [2.05, 4.69) is 20.3 Å². The summed E-state index contributed by atoms with van der Waals surface area (Å²) in [4.78, 5) is 13.2. The number of aromatic nitrogens is 3. The van der Waals surface area contributed by atoms with Gasteiger partial charge in [0.1, 0.15) is 11.0 Å². The fourth-order valence-electron chi connectivity index (χ4n) is 2.44. The summed E-state index contributed by atoms with van der Waals surface area (Å²) in [5, 5.41) is 19.7. The van der Waals surface area contributed by atoms with Gasteiger partial charge >= 0.3 is 5.97 Å². The molecule has 0 amide bonds. The molecular formula is C12H14N4O2. The Kier molecular flexibility index (Phi) is 2.62. The van der Waals surface area contributed by atoms with Gasteiger partial charge in [0.25, 0.3) is 0 Å². The minimum atomic E-state index is -0.706. The largest absolute Gasteiger partial charge is 0.481 e. The Morgan fingerprint density at radius 2 is 2.22 bits per heavy atom. The van der Waals surface area contributed by atoms with Gasteiger partial charge in [-0.05, 0) is 31.0 Å².